The van der Waals surface area contributed by atoms with Gasteiger partial charge in [-0.25, -0.2) is 9.97 Å². The minimum absolute atomic E-state index is 0.232. The second-order valence-corrected chi connectivity index (χ2v) is 3.77. The van der Waals surface area contributed by atoms with Gasteiger partial charge in [-0.2, -0.15) is 0 Å². The summed E-state index contributed by atoms with van der Waals surface area (Å²) in [5.74, 6) is 0.594. The maximum atomic E-state index is 5.56. The number of aromatic nitrogens is 3. The van der Waals surface area contributed by atoms with Crippen molar-refractivity contribution >= 4 is 23.0 Å². The van der Waals surface area contributed by atoms with E-state index in [1.807, 2.05) is 12.1 Å². The average Bonchev–Trinajstić information content (AvgIpc) is 2.38. The zero-order valence-corrected chi connectivity index (χ0v) is 9.81. The summed E-state index contributed by atoms with van der Waals surface area (Å²) in [6, 6.07) is 3.84. The Morgan fingerprint density at radius 1 is 1.18 bits per heavy atom. The van der Waals surface area contributed by atoms with E-state index >= 15 is 0 Å². The number of anilines is 1. The van der Waals surface area contributed by atoms with Crippen molar-refractivity contribution in [1.29, 1.82) is 0 Å². The molecule has 17 heavy (non-hydrogen) atoms. The van der Waals surface area contributed by atoms with E-state index in [0.29, 0.717) is 18.1 Å². The lowest BCUT2D eigenvalue weighted by molar-refractivity contribution is 1.07. The molecule has 0 aliphatic rings. The van der Waals surface area contributed by atoms with Gasteiger partial charge in [0.05, 0.1) is 0 Å². The van der Waals surface area contributed by atoms with E-state index in [1.165, 1.54) is 0 Å². The molecule has 86 valence electrons. The Morgan fingerprint density at radius 2 is 1.88 bits per heavy atom. The smallest absolute Gasteiger partial charge is 0.155 e. The van der Waals surface area contributed by atoms with Crippen molar-refractivity contribution < 1.29 is 0 Å². The molecule has 0 aromatic carbocycles. The Balaban J connectivity index is 2.12. The molecule has 5 nitrogen and oxygen atoms in total. The fourth-order valence-electron chi connectivity index (χ4n) is 1.33. The van der Waals surface area contributed by atoms with Crippen molar-refractivity contribution in [3.63, 3.8) is 0 Å². The number of nitrogens with zero attached hydrogens (tertiary/aromatic N) is 3. The van der Waals surface area contributed by atoms with Crippen LogP contribution in [0.4, 0.5) is 5.82 Å². The summed E-state index contributed by atoms with van der Waals surface area (Å²) in [4.78, 5) is 12.4. The number of pyridine rings is 1. The first kappa shape index (κ1) is 11.4. The number of hydrogen-bond acceptors (Lipinski definition) is 5. The first-order valence-corrected chi connectivity index (χ1v) is 5.42. The summed E-state index contributed by atoms with van der Waals surface area (Å²) < 4.78 is 0. The number of nitrogens with two attached hydrogens (primary N) is 1. The zero-order chi connectivity index (χ0) is 12.1. The molecule has 0 fully saturated rings. The Kier molecular flexibility index (Phi) is 3.56. The first-order chi connectivity index (χ1) is 8.27. The molecule has 2 aromatic rings. The van der Waals surface area contributed by atoms with Crippen LogP contribution in [0.25, 0.3) is 0 Å². The lowest BCUT2D eigenvalue weighted by Gasteiger charge is -2.08. The third-order valence-electron chi connectivity index (χ3n) is 2.14. The topological polar surface area (TPSA) is 76.7 Å². The third kappa shape index (κ3) is 2.94. The van der Waals surface area contributed by atoms with E-state index in [9.17, 15) is 0 Å². The van der Waals surface area contributed by atoms with E-state index in [-0.39, 0.29) is 4.99 Å². The summed E-state index contributed by atoms with van der Waals surface area (Å²) in [5.41, 5.74) is 7.17. The normalized spacial score (nSPS) is 9.88. The van der Waals surface area contributed by atoms with E-state index in [0.717, 1.165) is 5.56 Å². The van der Waals surface area contributed by atoms with Crippen LogP contribution in [-0.4, -0.2) is 19.9 Å². The number of rotatable bonds is 4. The Labute approximate surface area is 104 Å². The summed E-state index contributed by atoms with van der Waals surface area (Å²) >= 11 is 4.91. The minimum Gasteiger partial charge on any atom is -0.388 e. The summed E-state index contributed by atoms with van der Waals surface area (Å²) in [6.07, 6.45) is 6.63. The van der Waals surface area contributed by atoms with E-state index in [1.54, 1.807) is 24.8 Å². The van der Waals surface area contributed by atoms with Crippen LogP contribution >= 0.6 is 12.2 Å². The van der Waals surface area contributed by atoms with Gasteiger partial charge in [-0.05, 0) is 17.7 Å². The van der Waals surface area contributed by atoms with Gasteiger partial charge in [-0.15, -0.1) is 0 Å². The van der Waals surface area contributed by atoms with Crippen molar-refractivity contribution in [1.82, 2.24) is 15.0 Å². The molecule has 6 heteroatoms. The molecule has 0 spiro atoms. The fraction of sp³-hybridized carbons (Fsp3) is 0.0909. The molecule has 0 atom stereocenters. The van der Waals surface area contributed by atoms with Crippen molar-refractivity contribution in [2.24, 2.45) is 5.73 Å². The van der Waals surface area contributed by atoms with Gasteiger partial charge in [0, 0.05) is 31.3 Å². The monoisotopic (exact) mass is 245 g/mol. The minimum atomic E-state index is 0.232. The van der Waals surface area contributed by atoms with Crippen LogP contribution in [-0.2, 0) is 6.54 Å². The molecule has 2 aromatic heterocycles. The predicted molar refractivity (Wildman–Crippen MR) is 69.5 cm³/mol. The Bertz CT molecular complexity index is 514. The Morgan fingerprint density at radius 3 is 2.59 bits per heavy atom. The van der Waals surface area contributed by atoms with Gasteiger partial charge in [0.15, 0.2) is 5.82 Å². The zero-order valence-electron chi connectivity index (χ0n) is 9.00. The van der Waals surface area contributed by atoms with Crippen LogP contribution in [0.1, 0.15) is 11.3 Å². The maximum Gasteiger partial charge on any atom is 0.155 e. The van der Waals surface area contributed by atoms with Crippen molar-refractivity contribution in [3.8, 4) is 0 Å². The quantitative estimate of drug-likeness (QED) is 0.786. The highest BCUT2D eigenvalue weighted by molar-refractivity contribution is 7.80. The fourth-order valence-corrected chi connectivity index (χ4v) is 1.48. The van der Waals surface area contributed by atoms with Crippen molar-refractivity contribution in [2.45, 2.75) is 6.54 Å². The van der Waals surface area contributed by atoms with Crippen LogP contribution in [0.2, 0.25) is 0 Å². The number of nitrogens with one attached hydrogen (secondary N) is 1. The van der Waals surface area contributed by atoms with Gasteiger partial charge in [0.25, 0.3) is 0 Å². The molecule has 0 unspecified atom stereocenters. The Hall–Kier alpha value is -2.08. The second-order valence-electron chi connectivity index (χ2n) is 3.33. The van der Waals surface area contributed by atoms with E-state index < -0.39 is 0 Å². The molecule has 0 saturated carbocycles. The molecule has 2 rings (SSSR count). The predicted octanol–water partition coefficient (Wildman–Crippen LogP) is 1.12. The van der Waals surface area contributed by atoms with Crippen LogP contribution in [0.5, 0.6) is 0 Å². The lowest BCUT2D eigenvalue weighted by Crippen LogP contribution is -2.16. The molecular weight excluding hydrogens is 234 g/mol. The summed E-state index contributed by atoms with van der Waals surface area (Å²) in [5, 5.41) is 3.14. The second kappa shape index (κ2) is 5.31. The molecule has 2 heterocycles. The van der Waals surface area contributed by atoms with Crippen LogP contribution < -0.4 is 11.1 Å². The molecule has 0 saturated heterocycles. The highest BCUT2D eigenvalue weighted by atomic mass is 32.1. The van der Waals surface area contributed by atoms with E-state index in [2.05, 4.69) is 20.3 Å². The van der Waals surface area contributed by atoms with Gasteiger partial charge in [0.2, 0.25) is 0 Å². The van der Waals surface area contributed by atoms with Gasteiger partial charge in [-0.1, -0.05) is 12.2 Å². The van der Waals surface area contributed by atoms with E-state index in [4.69, 9.17) is 18.0 Å². The molecule has 3 N–H and O–H groups in total. The summed E-state index contributed by atoms with van der Waals surface area (Å²) in [6.45, 7) is 0.622. The first-order valence-electron chi connectivity index (χ1n) is 5.01. The van der Waals surface area contributed by atoms with Crippen molar-refractivity contribution in [2.75, 3.05) is 5.32 Å². The van der Waals surface area contributed by atoms with Gasteiger partial charge in [-0.3, -0.25) is 4.98 Å². The van der Waals surface area contributed by atoms with Crippen LogP contribution in [0.15, 0.2) is 36.9 Å². The van der Waals surface area contributed by atoms with Gasteiger partial charge < -0.3 is 11.1 Å². The molecular formula is C11H11N5S. The largest absolute Gasteiger partial charge is 0.388 e. The molecule has 0 bridgehead atoms. The summed E-state index contributed by atoms with van der Waals surface area (Å²) in [7, 11) is 0. The van der Waals surface area contributed by atoms with Gasteiger partial charge in [0.1, 0.15) is 10.7 Å². The molecule has 0 amide bonds. The molecule has 0 aliphatic heterocycles. The van der Waals surface area contributed by atoms with Crippen molar-refractivity contribution in [3.05, 3.63) is 48.2 Å². The highest BCUT2D eigenvalue weighted by Crippen LogP contribution is 2.09. The maximum absolute atomic E-state index is 5.56. The number of hydrogen-bond donors (Lipinski definition) is 2. The average molecular weight is 245 g/mol. The van der Waals surface area contributed by atoms with Crippen LogP contribution in [0.3, 0.4) is 0 Å². The molecule has 0 aliphatic carbocycles. The lowest BCUT2D eigenvalue weighted by atomic mass is 10.2. The highest BCUT2D eigenvalue weighted by Gasteiger charge is 2.06. The van der Waals surface area contributed by atoms with Gasteiger partial charge >= 0.3 is 0 Å². The standard InChI is InChI=1S/C11H11N5S/c12-10(17)9-11(15-6-5-14-9)16-7-8-1-3-13-4-2-8/h1-6H,7H2,(H2,12,17)(H,15,16). The number of thiocarbonyl (C=S) groups is 1. The van der Waals surface area contributed by atoms with Crippen LogP contribution in [0, 0.1) is 0 Å². The molecule has 0 radical (unpaired) electrons. The third-order valence-corrected chi connectivity index (χ3v) is 2.33. The SMILES string of the molecule is NC(=S)c1nccnc1NCc1ccncc1.